The van der Waals surface area contributed by atoms with Crippen molar-refractivity contribution in [2.75, 3.05) is 26.2 Å². The van der Waals surface area contributed by atoms with Gasteiger partial charge in [0.15, 0.2) is 0 Å². The maximum absolute atomic E-state index is 14.1. The fraction of sp³-hybridized carbons (Fsp3) is 0.720. The van der Waals surface area contributed by atoms with E-state index in [4.69, 9.17) is 0 Å². The molecule has 0 saturated carbocycles. The van der Waals surface area contributed by atoms with E-state index in [9.17, 15) is 19.5 Å². The molecule has 3 amide bonds. The lowest BCUT2D eigenvalue weighted by atomic mass is 9.78. The van der Waals surface area contributed by atoms with E-state index in [-0.39, 0.29) is 29.6 Å². The topological polar surface area (TPSA) is 81.2 Å². The van der Waals surface area contributed by atoms with Crippen LogP contribution in [0.3, 0.4) is 0 Å². The lowest BCUT2D eigenvalue weighted by molar-refractivity contribution is -0.148. The summed E-state index contributed by atoms with van der Waals surface area (Å²) in [6.45, 7) is 11.4. The second-order valence-electron chi connectivity index (χ2n) is 10.6. The second-order valence-corrected chi connectivity index (χ2v) is 12.1. The summed E-state index contributed by atoms with van der Waals surface area (Å²) in [5.74, 6) is -1.39. The SMILES string of the molecule is CCCN1CC=C[C@@H]2S[C@]34C=CCN(C(C)(C)C)C(=O)C3N([C@@H](CC)CO)C(=O)[C@@H]4[C@@H]2C1=O. The second kappa shape index (κ2) is 8.77. The Labute approximate surface area is 201 Å². The predicted molar refractivity (Wildman–Crippen MR) is 130 cm³/mol. The highest BCUT2D eigenvalue weighted by Crippen LogP contribution is 2.61. The minimum absolute atomic E-state index is 0.00463. The summed E-state index contributed by atoms with van der Waals surface area (Å²) in [5.41, 5.74) is -0.415. The molecule has 0 aromatic rings. The Morgan fingerprint density at radius 3 is 2.45 bits per heavy atom. The third-order valence-corrected chi connectivity index (χ3v) is 9.30. The third-order valence-electron chi connectivity index (χ3n) is 7.56. The van der Waals surface area contributed by atoms with Crippen LogP contribution in [0.2, 0.25) is 0 Å². The Morgan fingerprint density at radius 1 is 1.12 bits per heavy atom. The van der Waals surface area contributed by atoms with Crippen molar-refractivity contribution in [2.24, 2.45) is 11.8 Å². The molecule has 0 aliphatic carbocycles. The normalized spacial score (nSPS) is 34.8. The van der Waals surface area contributed by atoms with Gasteiger partial charge in [-0.05, 0) is 33.6 Å². The quantitative estimate of drug-likeness (QED) is 0.616. The molecule has 4 aliphatic rings. The van der Waals surface area contributed by atoms with Crippen molar-refractivity contribution >= 4 is 29.5 Å². The monoisotopic (exact) mass is 475 g/mol. The average molecular weight is 476 g/mol. The smallest absolute Gasteiger partial charge is 0.247 e. The van der Waals surface area contributed by atoms with Crippen molar-refractivity contribution in [2.45, 2.75) is 75.1 Å². The average Bonchev–Trinajstić information content (AvgIpc) is 3.07. The fourth-order valence-corrected chi connectivity index (χ4v) is 8.00. The molecule has 4 heterocycles. The number of aliphatic hydroxyl groups excluding tert-OH is 1. The molecule has 1 unspecified atom stereocenters. The van der Waals surface area contributed by atoms with Gasteiger partial charge in [-0.2, -0.15) is 0 Å². The number of carbonyl (C=O) groups is 3. The Hall–Kier alpha value is -1.80. The summed E-state index contributed by atoms with van der Waals surface area (Å²) in [6, 6.07) is -1.19. The lowest BCUT2D eigenvalue weighted by Crippen LogP contribution is -2.59. The van der Waals surface area contributed by atoms with E-state index in [2.05, 4.69) is 6.08 Å². The molecule has 182 valence electrons. The molecule has 6 atom stereocenters. The zero-order chi connectivity index (χ0) is 24.1. The van der Waals surface area contributed by atoms with Crippen LogP contribution in [0, 0.1) is 11.8 Å². The molecule has 4 rings (SSSR count). The summed E-state index contributed by atoms with van der Waals surface area (Å²) >= 11 is 1.60. The molecular weight excluding hydrogens is 438 g/mol. The van der Waals surface area contributed by atoms with Gasteiger partial charge >= 0.3 is 0 Å². The summed E-state index contributed by atoms with van der Waals surface area (Å²) < 4.78 is -0.818. The van der Waals surface area contributed by atoms with Gasteiger partial charge in [0, 0.05) is 30.4 Å². The standard InChI is InChI=1S/C25H37N3O4S/c1-6-12-26-13-8-10-17-18(21(26)30)19-22(31)28(16(7-2)15-29)20-23(32)27(24(3,4)5)14-9-11-25(19,20)33-17/h8-11,16-20,29H,6-7,12-15H2,1-5H3/t16-,17-,18+,19-,20?,25-/m0/s1. The van der Waals surface area contributed by atoms with Gasteiger partial charge in [-0.25, -0.2) is 0 Å². The number of likely N-dealkylation sites (tertiary alicyclic amines) is 1. The van der Waals surface area contributed by atoms with Crippen LogP contribution in [0.4, 0.5) is 0 Å². The molecule has 0 aromatic carbocycles. The van der Waals surface area contributed by atoms with Gasteiger partial charge in [0.1, 0.15) is 6.04 Å². The van der Waals surface area contributed by atoms with Crippen molar-refractivity contribution in [3.63, 3.8) is 0 Å². The highest BCUT2D eigenvalue weighted by atomic mass is 32.2. The zero-order valence-corrected chi connectivity index (χ0v) is 21.2. The number of aliphatic hydroxyl groups is 1. The number of hydrogen-bond donors (Lipinski definition) is 1. The van der Waals surface area contributed by atoms with Crippen LogP contribution in [0.25, 0.3) is 0 Å². The van der Waals surface area contributed by atoms with Crippen molar-refractivity contribution in [1.29, 1.82) is 0 Å². The van der Waals surface area contributed by atoms with E-state index in [0.717, 1.165) is 6.42 Å². The van der Waals surface area contributed by atoms with Crippen LogP contribution in [0.1, 0.15) is 47.5 Å². The summed E-state index contributed by atoms with van der Waals surface area (Å²) in [4.78, 5) is 47.2. The molecule has 2 saturated heterocycles. The Balaban J connectivity index is 1.86. The first-order valence-corrected chi connectivity index (χ1v) is 13.1. The minimum Gasteiger partial charge on any atom is -0.394 e. The number of fused-ring (bicyclic) bond motifs is 2. The van der Waals surface area contributed by atoms with Crippen LogP contribution in [0.15, 0.2) is 24.3 Å². The molecule has 7 nitrogen and oxygen atoms in total. The molecular formula is C25H37N3O4S. The van der Waals surface area contributed by atoms with Crippen molar-refractivity contribution < 1.29 is 19.5 Å². The minimum atomic E-state index is -0.818. The number of rotatable bonds is 5. The van der Waals surface area contributed by atoms with Gasteiger partial charge in [-0.1, -0.05) is 38.2 Å². The van der Waals surface area contributed by atoms with E-state index < -0.39 is 34.2 Å². The Kier molecular flexibility index (Phi) is 6.46. The first kappa shape index (κ1) is 24.3. The largest absolute Gasteiger partial charge is 0.394 e. The van der Waals surface area contributed by atoms with Gasteiger partial charge in [0.25, 0.3) is 0 Å². The number of amides is 3. The van der Waals surface area contributed by atoms with Crippen LogP contribution in [-0.2, 0) is 14.4 Å². The van der Waals surface area contributed by atoms with Gasteiger partial charge < -0.3 is 19.8 Å². The van der Waals surface area contributed by atoms with E-state index in [0.29, 0.717) is 26.1 Å². The molecule has 2 fully saturated rings. The Bertz CT molecular complexity index is 877. The van der Waals surface area contributed by atoms with Crippen molar-refractivity contribution in [3.8, 4) is 0 Å². The molecule has 1 N–H and O–H groups in total. The van der Waals surface area contributed by atoms with Crippen LogP contribution < -0.4 is 0 Å². The zero-order valence-electron chi connectivity index (χ0n) is 20.4. The Morgan fingerprint density at radius 2 is 1.85 bits per heavy atom. The molecule has 0 bridgehead atoms. The van der Waals surface area contributed by atoms with Gasteiger partial charge in [0.2, 0.25) is 17.7 Å². The van der Waals surface area contributed by atoms with E-state index in [1.807, 2.05) is 62.6 Å². The van der Waals surface area contributed by atoms with E-state index in [1.54, 1.807) is 16.7 Å². The van der Waals surface area contributed by atoms with Crippen molar-refractivity contribution in [3.05, 3.63) is 24.3 Å². The van der Waals surface area contributed by atoms with Gasteiger partial charge in [0.05, 0.1) is 29.2 Å². The fourth-order valence-electron chi connectivity index (χ4n) is 6.01. The molecule has 4 aliphatic heterocycles. The highest BCUT2D eigenvalue weighted by molar-refractivity contribution is 8.02. The van der Waals surface area contributed by atoms with Crippen molar-refractivity contribution in [1.82, 2.24) is 14.7 Å². The maximum atomic E-state index is 14.1. The third kappa shape index (κ3) is 3.64. The number of thioether (sulfide) groups is 1. The van der Waals surface area contributed by atoms with Crippen LogP contribution in [-0.4, -0.2) is 91.4 Å². The van der Waals surface area contributed by atoms with Gasteiger partial charge in [-0.3, -0.25) is 14.4 Å². The number of nitrogens with zero attached hydrogens (tertiary/aromatic N) is 3. The lowest BCUT2D eigenvalue weighted by Gasteiger charge is -2.42. The van der Waals surface area contributed by atoms with Crippen LogP contribution in [0.5, 0.6) is 0 Å². The molecule has 33 heavy (non-hydrogen) atoms. The molecule has 8 heteroatoms. The predicted octanol–water partition coefficient (Wildman–Crippen LogP) is 2.06. The summed E-state index contributed by atoms with van der Waals surface area (Å²) in [7, 11) is 0. The highest BCUT2D eigenvalue weighted by Gasteiger charge is 2.71. The maximum Gasteiger partial charge on any atom is 0.247 e. The summed E-state index contributed by atoms with van der Waals surface area (Å²) in [6.07, 6.45) is 9.54. The number of carbonyl (C=O) groups excluding carboxylic acids is 3. The van der Waals surface area contributed by atoms with Gasteiger partial charge in [-0.15, -0.1) is 11.8 Å². The first-order valence-electron chi connectivity index (χ1n) is 12.2. The molecule has 1 spiro atoms. The molecule has 0 radical (unpaired) electrons. The van der Waals surface area contributed by atoms with E-state index in [1.165, 1.54) is 0 Å². The number of hydrogen-bond acceptors (Lipinski definition) is 5. The summed E-state index contributed by atoms with van der Waals surface area (Å²) in [5, 5.41) is 10.0. The first-order chi connectivity index (χ1) is 15.6. The van der Waals surface area contributed by atoms with Crippen LogP contribution >= 0.6 is 11.8 Å². The van der Waals surface area contributed by atoms with E-state index >= 15 is 0 Å². The molecule has 0 aromatic heterocycles.